The first-order chi connectivity index (χ1) is 8.27. The number of rotatable bonds is 2. The highest BCUT2D eigenvalue weighted by atomic mass is 127. The number of nitrogens with zero attached hydrogens (tertiary/aromatic N) is 2. The normalized spacial score (nSPS) is 22.2. The second kappa shape index (κ2) is 5.73. The fourth-order valence-corrected chi connectivity index (χ4v) is 3.28. The van der Waals surface area contributed by atoms with Crippen molar-refractivity contribution >= 4 is 41.5 Å². The van der Waals surface area contributed by atoms with Crippen LogP contribution in [0.15, 0.2) is 17.3 Å². The summed E-state index contributed by atoms with van der Waals surface area (Å²) in [5, 5.41) is 7.02. The molecule has 3 rings (SSSR count). The van der Waals surface area contributed by atoms with Crippen molar-refractivity contribution in [2.75, 3.05) is 6.54 Å². The number of halogens is 1. The summed E-state index contributed by atoms with van der Waals surface area (Å²) in [5.74, 6) is 0.966. The molecule has 1 aromatic heterocycles. The third-order valence-electron chi connectivity index (χ3n) is 3.72. The monoisotopic (exact) mass is 378 g/mol. The van der Waals surface area contributed by atoms with Gasteiger partial charge >= 0.3 is 0 Å². The van der Waals surface area contributed by atoms with Crippen LogP contribution in [0.4, 0.5) is 0 Å². The Morgan fingerprint density at radius 1 is 1.44 bits per heavy atom. The fourth-order valence-electron chi connectivity index (χ4n) is 2.70. The molecule has 100 valence electrons. The maximum atomic E-state index is 4.60. The van der Waals surface area contributed by atoms with E-state index < -0.39 is 0 Å². The molecule has 0 radical (unpaired) electrons. The molecule has 1 aliphatic heterocycles. The highest BCUT2D eigenvalue weighted by molar-refractivity contribution is 14.0. The Morgan fingerprint density at radius 2 is 2.22 bits per heavy atom. The zero-order chi connectivity index (χ0) is 11.7. The van der Waals surface area contributed by atoms with E-state index >= 15 is 0 Å². The van der Waals surface area contributed by atoms with E-state index in [9.17, 15) is 0 Å². The molecule has 1 atom stereocenters. The Balaban J connectivity index is 0.00000120. The second-order valence-electron chi connectivity index (χ2n) is 5.06. The zero-order valence-electron chi connectivity index (χ0n) is 10.5. The molecule has 2 N–H and O–H groups in total. The van der Waals surface area contributed by atoms with Crippen LogP contribution in [0.3, 0.4) is 0 Å². The van der Waals surface area contributed by atoms with Crippen molar-refractivity contribution in [3.05, 3.63) is 17.1 Å². The number of aliphatic imine (C=N–C) groups is 1. The molecule has 1 aromatic rings. The van der Waals surface area contributed by atoms with Crippen LogP contribution in [0.5, 0.6) is 0 Å². The molecule has 1 aliphatic carbocycles. The van der Waals surface area contributed by atoms with Crippen LogP contribution in [0.2, 0.25) is 0 Å². The fraction of sp³-hybridized carbons (Fsp3) is 0.667. The van der Waals surface area contributed by atoms with Gasteiger partial charge in [0.05, 0.1) is 18.1 Å². The lowest BCUT2D eigenvalue weighted by Gasteiger charge is -2.24. The van der Waals surface area contributed by atoms with Crippen molar-refractivity contribution in [1.82, 2.24) is 15.0 Å². The Morgan fingerprint density at radius 3 is 2.89 bits per heavy atom. The average molecular weight is 378 g/mol. The maximum absolute atomic E-state index is 4.60. The smallest absolute Gasteiger partial charge is 0.192 e. The van der Waals surface area contributed by atoms with E-state index in [-0.39, 0.29) is 35.6 Å². The summed E-state index contributed by atoms with van der Waals surface area (Å²) in [7, 11) is 0. The number of aromatic nitrogens is 1. The molecular formula is C12H19IN4S. The van der Waals surface area contributed by atoms with Crippen molar-refractivity contribution in [3.63, 3.8) is 0 Å². The molecule has 1 unspecified atom stereocenters. The number of hydrogen-bond donors (Lipinski definition) is 2. The molecule has 0 amide bonds. The quantitative estimate of drug-likeness (QED) is 0.779. The van der Waals surface area contributed by atoms with Crippen molar-refractivity contribution in [3.8, 4) is 0 Å². The SMILES string of the molecule is CC(NC1=NCC2(CCCC2)N1)c1ccns1.I. The molecule has 1 fully saturated rings. The standard InChI is InChI=1S/C12H18N4S.HI/c1-9(10-4-7-14-17-10)15-11-13-8-12(16-11)5-2-3-6-12;/h4,7,9H,2-3,5-6,8H2,1H3,(H2,13,15,16);1H. The number of guanidine groups is 1. The van der Waals surface area contributed by atoms with Gasteiger partial charge in [-0.2, -0.15) is 0 Å². The Bertz CT molecular complexity index is 412. The molecular weight excluding hydrogens is 359 g/mol. The van der Waals surface area contributed by atoms with Gasteiger partial charge in [0.25, 0.3) is 0 Å². The largest absolute Gasteiger partial charge is 0.349 e. The highest BCUT2D eigenvalue weighted by Gasteiger charge is 2.38. The summed E-state index contributed by atoms with van der Waals surface area (Å²) < 4.78 is 4.13. The van der Waals surface area contributed by atoms with E-state index in [1.54, 1.807) is 11.5 Å². The molecule has 18 heavy (non-hydrogen) atoms. The molecule has 1 spiro atoms. The lowest BCUT2D eigenvalue weighted by Crippen LogP contribution is -2.47. The van der Waals surface area contributed by atoms with Crippen molar-refractivity contribution < 1.29 is 0 Å². The molecule has 0 saturated heterocycles. The molecule has 2 aliphatic rings. The first kappa shape index (κ1) is 14.0. The van der Waals surface area contributed by atoms with Gasteiger partial charge in [0.2, 0.25) is 0 Å². The van der Waals surface area contributed by atoms with Crippen LogP contribution in [-0.4, -0.2) is 22.4 Å². The van der Waals surface area contributed by atoms with E-state index in [4.69, 9.17) is 0 Å². The highest BCUT2D eigenvalue weighted by Crippen LogP contribution is 2.32. The summed E-state index contributed by atoms with van der Waals surface area (Å²) >= 11 is 1.54. The van der Waals surface area contributed by atoms with Crippen LogP contribution in [0.1, 0.15) is 43.5 Å². The van der Waals surface area contributed by atoms with Gasteiger partial charge in [0.15, 0.2) is 5.96 Å². The van der Waals surface area contributed by atoms with Crippen molar-refractivity contribution in [2.45, 2.75) is 44.2 Å². The van der Waals surface area contributed by atoms with Crippen LogP contribution in [-0.2, 0) is 0 Å². The Labute approximate surface area is 129 Å². The average Bonchev–Trinajstić information content (AvgIpc) is 3.04. The van der Waals surface area contributed by atoms with E-state index in [0.717, 1.165) is 12.5 Å². The summed E-state index contributed by atoms with van der Waals surface area (Å²) in [4.78, 5) is 5.85. The van der Waals surface area contributed by atoms with Crippen molar-refractivity contribution in [1.29, 1.82) is 0 Å². The van der Waals surface area contributed by atoms with Crippen LogP contribution >= 0.6 is 35.5 Å². The summed E-state index contributed by atoms with van der Waals surface area (Å²) in [5.41, 5.74) is 0.274. The number of nitrogens with one attached hydrogen (secondary N) is 2. The predicted octanol–water partition coefficient (Wildman–Crippen LogP) is 2.68. The summed E-state index contributed by atoms with van der Waals surface area (Å²) in [6.07, 6.45) is 7.04. The first-order valence-electron chi connectivity index (χ1n) is 6.27. The van der Waals surface area contributed by atoms with Crippen LogP contribution in [0.25, 0.3) is 0 Å². The van der Waals surface area contributed by atoms with Crippen LogP contribution < -0.4 is 10.6 Å². The van der Waals surface area contributed by atoms with Crippen LogP contribution in [0, 0.1) is 0 Å². The third kappa shape index (κ3) is 2.79. The topological polar surface area (TPSA) is 49.3 Å². The third-order valence-corrected chi connectivity index (χ3v) is 4.65. The minimum atomic E-state index is 0. The van der Waals surface area contributed by atoms with Gasteiger partial charge in [-0.25, -0.2) is 4.37 Å². The Hall–Kier alpha value is -0.370. The van der Waals surface area contributed by atoms with Gasteiger partial charge in [-0.15, -0.1) is 24.0 Å². The predicted molar refractivity (Wildman–Crippen MR) is 85.7 cm³/mol. The molecule has 0 bridgehead atoms. The lowest BCUT2D eigenvalue weighted by molar-refractivity contribution is 0.423. The maximum Gasteiger partial charge on any atom is 0.192 e. The van der Waals surface area contributed by atoms with Gasteiger partial charge in [-0.3, -0.25) is 4.99 Å². The minimum Gasteiger partial charge on any atom is -0.349 e. The number of hydrogen-bond acceptors (Lipinski definition) is 5. The first-order valence-corrected chi connectivity index (χ1v) is 7.05. The summed E-state index contributed by atoms with van der Waals surface area (Å²) in [6.45, 7) is 3.09. The van der Waals surface area contributed by atoms with Gasteiger partial charge in [-0.05, 0) is 37.4 Å². The molecule has 6 heteroatoms. The molecule has 2 heterocycles. The van der Waals surface area contributed by atoms with Crippen molar-refractivity contribution in [2.24, 2.45) is 4.99 Å². The molecule has 0 aromatic carbocycles. The van der Waals surface area contributed by atoms with Gasteiger partial charge in [-0.1, -0.05) is 12.8 Å². The lowest BCUT2D eigenvalue weighted by atomic mass is 9.99. The molecule has 1 saturated carbocycles. The zero-order valence-corrected chi connectivity index (χ0v) is 13.6. The minimum absolute atomic E-state index is 0. The van der Waals surface area contributed by atoms with Gasteiger partial charge in [0, 0.05) is 11.1 Å². The Kier molecular flexibility index (Phi) is 4.47. The van der Waals surface area contributed by atoms with Gasteiger partial charge < -0.3 is 10.6 Å². The van der Waals surface area contributed by atoms with E-state index in [0.29, 0.717) is 0 Å². The van der Waals surface area contributed by atoms with E-state index in [1.165, 1.54) is 30.6 Å². The molecule has 4 nitrogen and oxygen atoms in total. The van der Waals surface area contributed by atoms with E-state index in [2.05, 4.69) is 33.0 Å². The van der Waals surface area contributed by atoms with E-state index in [1.807, 2.05) is 6.20 Å². The second-order valence-corrected chi connectivity index (χ2v) is 5.92. The summed E-state index contributed by atoms with van der Waals surface area (Å²) in [6, 6.07) is 2.34. The van der Waals surface area contributed by atoms with Gasteiger partial charge in [0.1, 0.15) is 0 Å².